The Labute approximate surface area is 115 Å². The molecule has 0 saturated heterocycles. The molecule has 2 rings (SSSR count). The van der Waals surface area contributed by atoms with Gasteiger partial charge in [-0.2, -0.15) is 14.9 Å². The van der Waals surface area contributed by atoms with Crippen molar-refractivity contribution in [3.05, 3.63) is 49.6 Å². The van der Waals surface area contributed by atoms with Gasteiger partial charge in [-0.05, 0) is 30.4 Å². The molecule has 1 aromatic heterocycles. The molecule has 6 nitrogen and oxygen atoms in total. The van der Waals surface area contributed by atoms with Crippen molar-refractivity contribution < 1.29 is 5.11 Å². The second-order valence-corrected chi connectivity index (χ2v) is 4.58. The summed E-state index contributed by atoms with van der Waals surface area (Å²) in [6, 6.07) is 4.87. The van der Waals surface area contributed by atoms with Gasteiger partial charge in [0, 0.05) is 10.0 Å². The lowest BCUT2D eigenvalue weighted by molar-refractivity contribution is 0.474. The lowest BCUT2D eigenvalue weighted by atomic mass is 10.2. The standard InChI is InChI=1S/C10H7BrN4O2S/c11-7-1-2-8(16)6(3-7)4-13-15-9(17)5-12-14-10(15)18/h1-5,16H,(H,14,18)/b13-4+. The number of benzene rings is 1. The minimum Gasteiger partial charge on any atom is -0.507 e. The predicted octanol–water partition coefficient (Wildman–Crippen LogP) is 1.65. The van der Waals surface area contributed by atoms with Gasteiger partial charge in [0.1, 0.15) is 11.9 Å². The number of hydrogen-bond donors (Lipinski definition) is 2. The van der Waals surface area contributed by atoms with Gasteiger partial charge in [-0.1, -0.05) is 15.9 Å². The monoisotopic (exact) mass is 326 g/mol. The van der Waals surface area contributed by atoms with Crippen LogP contribution in [0.5, 0.6) is 5.75 Å². The number of nitrogens with one attached hydrogen (secondary N) is 1. The van der Waals surface area contributed by atoms with Crippen molar-refractivity contribution in [1.82, 2.24) is 14.9 Å². The van der Waals surface area contributed by atoms with Crippen molar-refractivity contribution in [3.63, 3.8) is 0 Å². The summed E-state index contributed by atoms with van der Waals surface area (Å²) in [5.41, 5.74) is 0.00646. The van der Waals surface area contributed by atoms with Gasteiger partial charge in [-0.15, -0.1) is 0 Å². The molecule has 18 heavy (non-hydrogen) atoms. The van der Waals surface area contributed by atoms with Crippen LogP contribution < -0.4 is 5.56 Å². The molecule has 0 saturated carbocycles. The van der Waals surface area contributed by atoms with Gasteiger partial charge >= 0.3 is 0 Å². The fraction of sp³-hybridized carbons (Fsp3) is 0. The zero-order valence-corrected chi connectivity index (χ0v) is 11.3. The second-order valence-electron chi connectivity index (χ2n) is 3.27. The molecule has 0 aliphatic heterocycles. The van der Waals surface area contributed by atoms with E-state index in [2.05, 4.69) is 31.2 Å². The van der Waals surface area contributed by atoms with Crippen molar-refractivity contribution in [2.24, 2.45) is 5.10 Å². The maximum Gasteiger partial charge on any atom is 0.293 e. The van der Waals surface area contributed by atoms with Gasteiger partial charge in [-0.25, -0.2) is 0 Å². The van der Waals surface area contributed by atoms with E-state index in [1.165, 1.54) is 12.3 Å². The molecular formula is C10H7BrN4O2S. The largest absolute Gasteiger partial charge is 0.507 e. The lowest BCUT2D eigenvalue weighted by Crippen LogP contribution is -2.18. The molecule has 0 amide bonds. The summed E-state index contributed by atoms with van der Waals surface area (Å²) < 4.78 is 1.84. The van der Waals surface area contributed by atoms with Gasteiger partial charge in [0.15, 0.2) is 0 Å². The van der Waals surface area contributed by atoms with Crippen LogP contribution in [0.25, 0.3) is 0 Å². The highest BCUT2D eigenvalue weighted by atomic mass is 79.9. The molecule has 0 radical (unpaired) electrons. The lowest BCUT2D eigenvalue weighted by Gasteiger charge is -2.00. The molecule has 2 aromatic rings. The minimum absolute atomic E-state index is 0.0546. The van der Waals surface area contributed by atoms with E-state index in [0.717, 1.165) is 15.3 Å². The van der Waals surface area contributed by atoms with Crippen LogP contribution in [0.1, 0.15) is 5.56 Å². The molecule has 0 unspecified atom stereocenters. The Kier molecular flexibility index (Phi) is 3.68. The van der Waals surface area contributed by atoms with E-state index < -0.39 is 5.56 Å². The number of halogens is 1. The molecule has 8 heteroatoms. The summed E-state index contributed by atoms with van der Waals surface area (Å²) in [6.45, 7) is 0. The molecular weight excluding hydrogens is 320 g/mol. The van der Waals surface area contributed by atoms with Crippen LogP contribution in [-0.2, 0) is 0 Å². The summed E-state index contributed by atoms with van der Waals surface area (Å²) >= 11 is 8.15. The van der Waals surface area contributed by atoms with Gasteiger partial charge in [-0.3, -0.25) is 9.89 Å². The number of rotatable bonds is 2. The average Bonchev–Trinajstić information content (AvgIpc) is 2.33. The van der Waals surface area contributed by atoms with E-state index in [0.29, 0.717) is 5.56 Å². The van der Waals surface area contributed by atoms with Crippen LogP contribution in [0.2, 0.25) is 0 Å². The van der Waals surface area contributed by atoms with Crippen molar-refractivity contribution in [2.75, 3.05) is 0 Å². The van der Waals surface area contributed by atoms with Crippen molar-refractivity contribution in [2.45, 2.75) is 0 Å². The predicted molar refractivity (Wildman–Crippen MR) is 72.5 cm³/mol. The highest BCUT2D eigenvalue weighted by Crippen LogP contribution is 2.19. The van der Waals surface area contributed by atoms with Crippen molar-refractivity contribution in [3.8, 4) is 5.75 Å². The first-order chi connectivity index (χ1) is 8.58. The van der Waals surface area contributed by atoms with Gasteiger partial charge < -0.3 is 5.11 Å². The van der Waals surface area contributed by atoms with Crippen molar-refractivity contribution in [1.29, 1.82) is 0 Å². The normalized spacial score (nSPS) is 10.9. The molecule has 0 spiro atoms. The van der Waals surface area contributed by atoms with Crippen LogP contribution in [0.15, 0.2) is 38.8 Å². The first-order valence-corrected chi connectivity index (χ1v) is 5.97. The van der Waals surface area contributed by atoms with E-state index >= 15 is 0 Å². The van der Waals surface area contributed by atoms with Gasteiger partial charge in [0.25, 0.3) is 5.56 Å². The number of aromatic amines is 1. The zero-order valence-electron chi connectivity index (χ0n) is 8.87. The third kappa shape index (κ3) is 2.71. The molecule has 1 aromatic carbocycles. The number of phenols is 1. The molecule has 0 aliphatic carbocycles. The molecule has 1 heterocycles. The molecule has 0 bridgehead atoms. The highest BCUT2D eigenvalue weighted by molar-refractivity contribution is 9.10. The fourth-order valence-electron chi connectivity index (χ4n) is 1.20. The number of nitrogens with zero attached hydrogens (tertiary/aromatic N) is 3. The van der Waals surface area contributed by atoms with E-state index in [9.17, 15) is 9.90 Å². The first-order valence-electron chi connectivity index (χ1n) is 4.77. The molecule has 0 fully saturated rings. The number of aromatic hydroxyl groups is 1. The number of H-pyrrole nitrogens is 1. The summed E-state index contributed by atoms with van der Waals surface area (Å²) in [5.74, 6) is 0.0546. The number of phenolic OH excluding ortho intramolecular Hbond substituents is 1. The van der Waals surface area contributed by atoms with Crippen LogP contribution in [-0.4, -0.2) is 26.2 Å². The third-order valence-electron chi connectivity index (χ3n) is 2.04. The Morgan fingerprint density at radius 2 is 2.33 bits per heavy atom. The smallest absolute Gasteiger partial charge is 0.293 e. The molecule has 0 aliphatic rings. The second kappa shape index (κ2) is 5.23. The maximum absolute atomic E-state index is 11.4. The van der Waals surface area contributed by atoms with Crippen molar-refractivity contribution >= 4 is 34.4 Å². The third-order valence-corrected chi connectivity index (χ3v) is 2.80. The van der Waals surface area contributed by atoms with E-state index in [-0.39, 0.29) is 10.5 Å². The molecule has 92 valence electrons. The Bertz CT molecular complexity index is 694. The first kappa shape index (κ1) is 12.7. The number of hydrogen-bond acceptors (Lipinski definition) is 5. The van der Waals surface area contributed by atoms with Crippen LogP contribution in [0.4, 0.5) is 0 Å². The van der Waals surface area contributed by atoms with E-state index in [1.54, 1.807) is 12.1 Å². The highest BCUT2D eigenvalue weighted by Gasteiger charge is 2.00. The van der Waals surface area contributed by atoms with Crippen LogP contribution in [0.3, 0.4) is 0 Å². The summed E-state index contributed by atoms with van der Waals surface area (Å²) in [5, 5.41) is 19.5. The van der Waals surface area contributed by atoms with E-state index in [4.69, 9.17) is 12.2 Å². The summed E-state index contributed by atoms with van der Waals surface area (Å²) in [7, 11) is 0. The zero-order chi connectivity index (χ0) is 13.1. The number of aromatic nitrogens is 3. The SMILES string of the molecule is O=c1cn[nH]c(=S)n1/N=C/c1cc(Br)ccc1O. The average molecular weight is 327 g/mol. The Morgan fingerprint density at radius 1 is 1.56 bits per heavy atom. The summed E-state index contributed by atoms with van der Waals surface area (Å²) in [4.78, 5) is 11.4. The Balaban J connectivity index is 2.45. The van der Waals surface area contributed by atoms with Gasteiger partial charge in [0.2, 0.25) is 4.77 Å². The molecule has 0 atom stereocenters. The van der Waals surface area contributed by atoms with Crippen LogP contribution in [0, 0.1) is 4.77 Å². The summed E-state index contributed by atoms with van der Waals surface area (Å²) in [6.07, 6.45) is 2.40. The van der Waals surface area contributed by atoms with Crippen LogP contribution >= 0.6 is 28.1 Å². The van der Waals surface area contributed by atoms with Gasteiger partial charge in [0.05, 0.1) is 6.21 Å². The fourth-order valence-corrected chi connectivity index (χ4v) is 1.77. The molecule has 2 N–H and O–H groups in total. The minimum atomic E-state index is -0.454. The Morgan fingerprint density at radius 3 is 3.06 bits per heavy atom. The maximum atomic E-state index is 11.4. The topological polar surface area (TPSA) is 83.3 Å². The quantitative estimate of drug-likeness (QED) is 0.649. The van der Waals surface area contributed by atoms with E-state index in [1.807, 2.05) is 0 Å². The Hall–Kier alpha value is -1.80.